The van der Waals surface area contributed by atoms with Gasteiger partial charge in [0.2, 0.25) is 0 Å². The molecule has 4 rings (SSSR count). The molecule has 1 N–H and O–H groups in total. The van der Waals surface area contributed by atoms with Crippen LogP contribution in [0.15, 0.2) is 36.4 Å². The van der Waals surface area contributed by atoms with Crippen LogP contribution in [-0.4, -0.2) is 24.0 Å². The van der Waals surface area contributed by atoms with Gasteiger partial charge in [-0.25, -0.2) is 9.78 Å². The molecule has 1 aromatic carbocycles. The van der Waals surface area contributed by atoms with Crippen LogP contribution in [0, 0.1) is 6.92 Å². The molecule has 3 heterocycles. The van der Waals surface area contributed by atoms with Crippen molar-refractivity contribution < 1.29 is 9.53 Å². The molecule has 0 bridgehead atoms. The quantitative estimate of drug-likeness (QED) is 0.867. The van der Waals surface area contributed by atoms with Crippen LogP contribution in [0.1, 0.15) is 45.7 Å². The van der Waals surface area contributed by atoms with Gasteiger partial charge in [-0.15, -0.1) is 0 Å². The van der Waals surface area contributed by atoms with Crippen molar-refractivity contribution in [2.24, 2.45) is 0 Å². The summed E-state index contributed by atoms with van der Waals surface area (Å²) in [6, 6.07) is 12.5. The van der Waals surface area contributed by atoms with Crippen LogP contribution in [0.4, 0.5) is 0 Å². The van der Waals surface area contributed by atoms with Gasteiger partial charge in [-0.1, -0.05) is 30.3 Å². The lowest BCUT2D eigenvalue weighted by Crippen LogP contribution is -2.40. The maximum Gasteiger partial charge on any atom is 0.358 e. The maximum absolute atomic E-state index is 12.4. The van der Waals surface area contributed by atoms with Crippen LogP contribution in [0.25, 0.3) is 0 Å². The van der Waals surface area contributed by atoms with E-state index < -0.39 is 5.60 Å². The Bertz CT molecular complexity index is 749. The van der Waals surface area contributed by atoms with Gasteiger partial charge in [0.05, 0.1) is 0 Å². The van der Waals surface area contributed by atoms with Gasteiger partial charge in [0, 0.05) is 24.1 Å². The van der Waals surface area contributed by atoms with Gasteiger partial charge in [0.15, 0.2) is 5.69 Å². The van der Waals surface area contributed by atoms with Crippen molar-refractivity contribution in [3.8, 4) is 0 Å². The standard InChI is InChI=1S/C19H20N2O2/c1-13-11-15(12-14-5-3-2-4-6-14)16-17(21-13)18(22)23-19(16)7-9-20-10-8-19/h2-6,11,20H,7-10,12H2,1H3. The minimum absolute atomic E-state index is 0.264. The Balaban J connectivity index is 1.84. The van der Waals surface area contributed by atoms with Gasteiger partial charge >= 0.3 is 5.97 Å². The lowest BCUT2D eigenvalue weighted by Gasteiger charge is -2.34. The fourth-order valence-electron chi connectivity index (χ4n) is 3.81. The third-order valence-electron chi connectivity index (χ3n) is 4.81. The number of nitrogens with one attached hydrogen (secondary N) is 1. The molecule has 2 aliphatic heterocycles. The smallest absolute Gasteiger partial charge is 0.358 e. The number of hydrogen-bond acceptors (Lipinski definition) is 4. The zero-order valence-electron chi connectivity index (χ0n) is 13.3. The molecule has 0 radical (unpaired) electrons. The number of carbonyl (C=O) groups is 1. The maximum atomic E-state index is 12.4. The summed E-state index contributed by atoms with van der Waals surface area (Å²) < 4.78 is 5.85. The van der Waals surface area contributed by atoms with E-state index >= 15 is 0 Å². The molecule has 4 heteroatoms. The number of benzene rings is 1. The highest BCUT2D eigenvalue weighted by atomic mass is 16.6. The molecule has 23 heavy (non-hydrogen) atoms. The Morgan fingerprint density at radius 1 is 1.22 bits per heavy atom. The third kappa shape index (κ3) is 2.43. The molecule has 1 spiro atoms. The van der Waals surface area contributed by atoms with E-state index in [0.717, 1.165) is 43.6 Å². The number of hydrogen-bond donors (Lipinski definition) is 1. The molecule has 2 aliphatic rings. The summed E-state index contributed by atoms with van der Waals surface area (Å²) in [5.74, 6) is -0.264. The summed E-state index contributed by atoms with van der Waals surface area (Å²) >= 11 is 0. The van der Waals surface area contributed by atoms with E-state index in [2.05, 4.69) is 28.5 Å². The minimum Gasteiger partial charge on any atom is -0.449 e. The lowest BCUT2D eigenvalue weighted by atomic mass is 9.81. The first-order valence-electron chi connectivity index (χ1n) is 8.17. The van der Waals surface area contributed by atoms with E-state index in [1.54, 1.807) is 0 Å². The Labute approximate surface area is 135 Å². The predicted molar refractivity (Wildman–Crippen MR) is 87.4 cm³/mol. The number of nitrogens with zero attached hydrogens (tertiary/aromatic N) is 1. The molecular formula is C19H20N2O2. The van der Waals surface area contributed by atoms with Crippen LogP contribution in [0.2, 0.25) is 0 Å². The lowest BCUT2D eigenvalue weighted by molar-refractivity contribution is -0.0245. The molecule has 4 nitrogen and oxygen atoms in total. The van der Waals surface area contributed by atoms with Crippen molar-refractivity contribution in [1.82, 2.24) is 10.3 Å². The minimum atomic E-state index is -0.484. The first-order chi connectivity index (χ1) is 11.2. The third-order valence-corrected chi connectivity index (χ3v) is 4.81. The number of ether oxygens (including phenoxy) is 1. The number of rotatable bonds is 2. The van der Waals surface area contributed by atoms with Crippen LogP contribution in [-0.2, 0) is 16.8 Å². The number of pyridine rings is 1. The second-order valence-corrected chi connectivity index (χ2v) is 6.44. The van der Waals surface area contributed by atoms with Gasteiger partial charge in [0.1, 0.15) is 5.60 Å². The van der Waals surface area contributed by atoms with E-state index in [9.17, 15) is 4.79 Å². The number of carbonyl (C=O) groups excluding carboxylic acids is 1. The first-order valence-corrected chi connectivity index (χ1v) is 8.17. The molecule has 1 saturated heterocycles. The Kier molecular flexibility index (Phi) is 3.42. The molecule has 0 saturated carbocycles. The summed E-state index contributed by atoms with van der Waals surface area (Å²) in [5, 5.41) is 3.35. The second-order valence-electron chi connectivity index (χ2n) is 6.44. The van der Waals surface area contributed by atoms with Crippen molar-refractivity contribution >= 4 is 5.97 Å². The van der Waals surface area contributed by atoms with E-state index in [0.29, 0.717) is 5.69 Å². The van der Waals surface area contributed by atoms with Crippen molar-refractivity contribution in [3.63, 3.8) is 0 Å². The zero-order chi connectivity index (χ0) is 15.9. The van der Waals surface area contributed by atoms with E-state index in [4.69, 9.17) is 4.74 Å². The van der Waals surface area contributed by atoms with Crippen molar-refractivity contribution in [2.45, 2.75) is 31.8 Å². The molecule has 1 aromatic heterocycles. The fourth-order valence-corrected chi connectivity index (χ4v) is 3.81. The molecule has 0 atom stereocenters. The predicted octanol–water partition coefficient (Wildman–Crippen LogP) is 2.73. The van der Waals surface area contributed by atoms with Crippen molar-refractivity contribution in [1.29, 1.82) is 0 Å². The van der Waals surface area contributed by atoms with Gasteiger partial charge in [-0.05, 0) is 43.6 Å². The summed E-state index contributed by atoms with van der Waals surface area (Å²) in [7, 11) is 0. The van der Waals surface area contributed by atoms with Crippen molar-refractivity contribution in [2.75, 3.05) is 13.1 Å². The molecular weight excluding hydrogens is 288 g/mol. The van der Waals surface area contributed by atoms with Gasteiger partial charge in [-0.2, -0.15) is 0 Å². The van der Waals surface area contributed by atoms with Gasteiger partial charge in [-0.3, -0.25) is 0 Å². The number of aromatic nitrogens is 1. The summed E-state index contributed by atoms with van der Waals surface area (Å²) in [6.45, 7) is 3.67. The Morgan fingerprint density at radius 2 is 1.96 bits per heavy atom. The monoisotopic (exact) mass is 308 g/mol. The molecule has 118 valence electrons. The molecule has 0 unspecified atom stereocenters. The second kappa shape index (κ2) is 5.46. The molecule has 2 aromatic rings. The van der Waals surface area contributed by atoms with Gasteiger partial charge in [0.25, 0.3) is 0 Å². The van der Waals surface area contributed by atoms with E-state index in [1.165, 1.54) is 11.1 Å². The topological polar surface area (TPSA) is 51.2 Å². The summed E-state index contributed by atoms with van der Waals surface area (Å²) in [4.78, 5) is 16.9. The summed E-state index contributed by atoms with van der Waals surface area (Å²) in [5.41, 5.74) is 4.35. The number of esters is 1. The van der Waals surface area contributed by atoms with Crippen LogP contribution in [0.5, 0.6) is 0 Å². The van der Waals surface area contributed by atoms with Crippen LogP contribution in [0.3, 0.4) is 0 Å². The number of fused-ring (bicyclic) bond motifs is 2. The van der Waals surface area contributed by atoms with Crippen LogP contribution < -0.4 is 5.32 Å². The van der Waals surface area contributed by atoms with Crippen molar-refractivity contribution in [3.05, 3.63) is 64.5 Å². The summed E-state index contributed by atoms with van der Waals surface area (Å²) in [6.07, 6.45) is 2.44. The largest absolute Gasteiger partial charge is 0.449 e. The SMILES string of the molecule is Cc1cc(Cc2ccccc2)c2c(n1)C(=O)OC21CCNCC1. The average Bonchev–Trinajstić information content (AvgIpc) is 2.81. The van der Waals surface area contributed by atoms with Crippen LogP contribution >= 0.6 is 0 Å². The van der Waals surface area contributed by atoms with E-state index in [1.807, 2.05) is 25.1 Å². The highest BCUT2D eigenvalue weighted by Gasteiger charge is 2.48. The zero-order valence-corrected chi connectivity index (χ0v) is 13.3. The first kappa shape index (κ1) is 14.4. The average molecular weight is 308 g/mol. The van der Waals surface area contributed by atoms with Gasteiger partial charge < -0.3 is 10.1 Å². The highest BCUT2D eigenvalue weighted by Crippen LogP contribution is 2.44. The molecule has 1 fully saturated rings. The molecule has 0 amide bonds. The Morgan fingerprint density at radius 3 is 2.70 bits per heavy atom. The Hall–Kier alpha value is -2.20. The number of piperidine rings is 1. The highest BCUT2D eigenvalue weighted by molar-refractivity contribution is 5.93. The normalized spacial score (nSPS) is 18.7. The fraction of sp³-hybridized carbons (Fsp3) is 0.368. The molecule has 0 aliphatic carbocycles. The number of aryl methyl sites for hydroxylation is 1. The van der Waals surface area contributed by atoms with E-state index in [-0.39, 0.29) is 5.97 Å².